The van der Waals surface area contributed by atoms with Crippen molar-refractivity contribution in [2.75, 3.05) is 13.8 Å². The molecule has 0 spiro atoms. The van der Waals surface area contributed by atoms with Gasteiger partial charge in [-0.25, -0.2) is 0 Å². The molecule has 10 saturated carbocycles. The highest BCUT2D eigenvalue weighted by Gasteiger charge is 2.74. The van der Waals surface area contributed by atoms with E-state index in [1.165, 1.54) is 51.4 Å². The van der Waals surface area contributed by atoms with Gasteiger partial charge in [0.15, 0.2) is 0 Å². The Labute approximate surface area is 407 Å². The highest BCUT2D eigenvalue weighted by Crippen LogP contribution is 2.79. The monoisotopic (exact) mass is 934 g/mol. The Balaban J connectivity index is 0.000000168. The lowest BCUT2D eigenvalue weighted by molar-refractivity contribution is -0.267. The number of nitrogens with one attached hydrogen (secondary N) is 1. The van der Waals surface area contributed by atoms with E-state index in [1.807, 2.05) is 0 Å². The lowest BCUT2D eigenvalue weighted by atomic mass is 9.32. The number of ketones is 1. The number of ether oxygens (including phenoxy) is 1. The molecule has 0 amide bonds. The van der Waals surface area contributed by atoms with Crippen LogP contribution < -0.4 is 5.32 Å². The minimum absolute atomic E-state index is 0.000765. The van der Waals surface area contributed by atoms with Crippen molar-refractivity contribution in [3.8, 4) is 0 Å². The Morgan fingerprint density at radius 2 is 1.06 bits per heavy atom. The number of aliphatic carboxylic acids is 1. The average molecular weight is 934 g/mol. The third-order valence-corrected chi connectivity index (χ3v) is 27.2. The van der Waals surface area contributed by atoms with Crippen LogP contribution in [0.3, 0.4) is 0 Å². The summed E-state index contributed by atoms with van der Waals surface area (Å²) in [4.78, 5) is 25.4. The largest absolute Gasteiger partial charge is 0.481 e. The van der Waals surface area contributed by atoms with Gasteiger partial charge in [-0.1, -0.05) is 69.2 Å². The van der Waals surface area contributed by atoms with Gasteiger partial charge in [-0.2, -0.15) is 0 Å². The standard InChI is InChI=1S/C30H53NO3.C29H46O4/c1-19(31-7)20-10-15-30(34-18-32)17-16-28(5)21(25(20)30)8-9-23-27(4)13-12-24(33)26(2,3)22(27)11-14-29(23,28)6;1-17(30)18-9-14-29(24(32)33)16-15-27(5)19(23(18)29)7-8-21-26(4)12-11-22(31)25(2,3)20(26)10-13-28(21,27)6/h19-25,31-33H,8-18H2,1-7H3;18-23,31H,7-16H2,1-6H3,(H,32,33)/t19?,20?,21?,22?,23?,24?,25?,27-,28?,29+,30?;18?,19?,20?,21?,22?,23?,26-,27?,28+,29?/m00/s1. The topological polar surface area (TPSA) is 136 Å². The molecule has 5 N–H and O–H groups in total. The van der Waals surface area contributed by atoms with E-state index in [-0.39, 0.29) is 69.3 Å². The normalized spacial score (nSPS) is 55.0. The number of aliphatic hydroxyl groups is 3. The van der Waals surface area contributed by atoms with E-state index in [0.29, 0.717) is 70.1 Å². The van der Waals surface area contributed by atoms with E-state index in [2.05, 4.69) is 88.5 Å². The van der Waals surface area contributed by atoms with Gasteiger partial charge in [0.1, 0.15) is 12.6 Å². The molecule has 8 nitrogen and oxygen atoms in total. The molecule has 382 valence electrons. The van der Waals surface area contributed by atoms with Crippen LogP contribution in [0.5, 0.6) is 0 Å². The van der Waals surface area contributed by atoms with Crippen LogP contribution in [0.25, 0.3) is 0 Å². The maximum absolute atomic E-state index is 12.7. The van der Waals surface area contributed by atoms with E-state index in [4.69, 9.17) is 4.74 Å². The third-order valence-electron chi connectivity index (χ3n) is 27.2. The number of carbonyl (C=O) groups excluding carboxylic acids is 1. The predicted octanol–water partition coefficient (Wildman–Crippen LogP) is 11.9. The maximum Gasteiger partial charge on any atom is 0.309 e. The lowest BCUT2D eigenvalue weighted by Gasteiger charge is -2.72. The summed E-state index contributed by atoms with van der Waals surface area (Å²) in [6.45, 7) is 28.7. The molecule has 0 aromatic carbocycles. The molecular weight excluding hydrogens is 835 g/mol. The van der Waals surface area contributed by atoms with Gasteiger partial charge >= 0.3 is 5.97 Å². The molecule has 0 radical (unpaired) electrons. The fourth-order valence-corrected chi connectivity index (χ4v) is 23.1. The first-order chi connectivity index (χ1) is 31.2. The van der Waals surface area contributed by atoms with Crippen molar-refractivity contribution < 1.29 is 34.8 Å². The summed E-state index contributed by atoms with van der Waals surface area (Å²) in [5.41, 5.74) is 0.573. The second kappa shape index (κ2) is 16.5. The Kier molecular flexibility index (Phi) is 12.5. The number of carboxylic acid groups (broad SMARTS) is 1. The molecule has 0 saturated heterocycles. The van der Waals surface area contributed by atoms with Crippen LogP contribution in [0.15, 0.2) is 0 Å². The van der Waals surface area contributed by atoms with Crippen molar-refractivity contribution in [2.45, 2.75) is 235 Å². The molecule has 0 aromatic rings. The van der Waals surface area contributed by atoms with Crippen molar-refractivity contribution in [1.29, 1.82) is 0 Å². The van der Waals surface area contributed by atoms with Crippen molar-refractivity contribution in [3.05, 3.63) is 0 Å². The first-order valence-corrected chi connectivity index (χ1v) is 28.2. The number of carbonyl (C=O) groups is 2. The summed E-state index contributed by atoms with van der Waals surface area (Å²) < 4.78 is 6.33. The Bertz CT molecular complexity index is 1920. The van der Waals surface area contributed by atoms with Gasteiger partial charge < -0.3 is 30.5 Å². The molecule has 0 heterocycles. The predicted molar refractivity (Wildman–Crippen MR) is 266 cm³/mol. The highest BCUT2D eigenvalue weighted by atomic mass is 16.6. The van der Waals surface area contributed by atoms with Gasteiger partial charge in [-0.05, 0) is 246 Å². The molecular formula is C59H99NO7. The van der Waals surface area contributed by atoms with Crippen LogP contribution >= 0.6 is 0 Å². The Morgan fingerprint density at radius 1 is 0.567 bits per heavy atom. The number of rotatable bonds is 6. The molecule has 0 bridgehead atoms. The highest BCUT2D eigenvalue weighted by molar-refractivity contribution is 5.83. The second-order valence-electron chi connectivity index (χ2n) is 29.0. The van der Waals surface area contributed by atoms with Crippen LogP contribution in [0.4, 0.5) is 0 Å². The smallest absolute Gasteiger partial charge is 0.309 e. The van der Waals surface area contributed by atoms with Gasteiger partial charge in [0.05, 0.1) is 23.2 Å². The fourth-order valence-electron chi connectivity index (χ4n) is 23.1. The van der Waals surface area contributed by atoms with E-state index in [0.717, 1.165) is 76.5 Å². The summed E-state index contributed by atoms with van der Waals surface area (Å²) in [5, 5.41) is 45.7. The Morgan fingerprint density at radius 3 is 1.52 bits per heavy atom. The number of aliphatic hydroxyl groups excluding tert-OH is 3. The molecule has 10 aliphatic carbocycles. The minimum Gasteiger partial charge on any atom is -0.481 e. The summed E-state index contributed by atoms with van der Waals surface area (Å²) in [6, 6.07) is 0.482. The van der Waals surface area contributed by atoms with E-state index < -0.39 is 11.4 Å². The van der Waals surface area contributed by atoms with E-state index in [9.17, 15) is 30.0 Å². The Hall–Kier alpha value is -1.06. The van der Waals surface area contributed by atoms with E-state index in [1.54, 1.807) is 6.92 Å². The molecule has 10 aliphatic rings. The lowest BCUT2D eigenvalue weighted by Crippen LogP contribution is -2.67. The zero-order chi connectivity index (χ0) is 48.9. The zero-order valence-electron chi connectivity index (χ0n) is 44.9. The van der Waals surface area contributed by atoms with Crippen molar-refractivity contribution in [3.63, 3.8) is 0 Å². The average Bonchev–Trinajstić information content (AvgIpc) is 3.85. The molecule has 0 aliphatic heterocycles. The van der Waals surface area contributed by atoms with Gasteiger partial charge in [0.2, 0.25) is 0 Å². The number of Topliss-reactive ketones (excluding diaryl/α,β-unsaturated/α-hetero) is 1. The zero-order valence-corrected chi connectivity index (χ0v) is 44.9. The molecule has 8 heteroatoms. The quantitative estimate of drug-likeness (QED) is 0.166. The number of carboxylic acids is 1. The fraction of sp³-hybridized carbons (Fsp3) is 0.966. The minimum atomic E-state index is -0.693. The maximum atomic E-state index is 12.7. The molecule has 10 fully saturated rings. The number of hydrogen-bond acceptors (Lipinski definition) is 7. The van der Waals surface area contributed by atoms with Crippen molar-refractivity contribution >= 4 is 11.8 Å². The van der Waals surface area contributed by atoms with Crippen LogP contribution in [-0.2, 0) is 14.3 Å². The second-order valence-corrected chi connectivity index (χ2v) is 29.0. The van der Waals surface area contributed by atoms with Crippen LogP contribution in [0.1, 0.15) is 212 Å². The van der Waals surface area contributed by atoms with Gasteiger partial charge in [-0.15, -0.1) is 0 Å². The van der Waals surface area contributed by atoms with Crippen molar-refractivity contribution in [2.24, 2.45) is 108 Å². The summed E-state index contributed by atoms with van der Waals surface area (Å²) in [6.07, 6.45) is 21.3. The third kappa shape index (κ3) is 6.63. The summed E-state index contributed by atoms with van der Waals surface area (Å²) in [7, 11) is 2.11. The molecule has 21 atom stereocenters. The van der Waals surface area contributed by atoms with Crippen LogP contribution in [-0.4, -0.2) is 69.9 Å². The molecule has 67 heavy (non-hydrogen) atoms. The number of hydrogen-bond donors (Lipinski definition) is 5. The van der Waals surface area contributed by atoms with Gasteiger partial charge in [0.25, 0.3) is 0 Å². The van der Waals surface area contributed by atoms with E-state index >= 15 is 0 Å². The SMILES string of the molecule is CC(=O)C1CCC2(C(=O)O)CCC3(C)C(CCC4[C@@]5(C)CCC(O)C(C)(C)C5CC[C@]43C)C12.CNC(C)C1CCC2(OCO)CCC3(C)C(CCC4[C@@]5(C)CCC(O)C(C)(C)C5CC[C@]43C)C12. The van der Waals surface area contributed by atoms with Gasteiger partial charge in [0, 0.05) is 12.0 Å². The summed E-state index contributed by atoms with van der Waals surface area (Å²) in [5.74, 6) is 4.11. The molecule has 0 aromatic heterocycles. The first kappa shape index (κ1) is 50.9. The first-order valence-electron chi connectivity index (χ1n) is 28.2. The van der Waals surface area contributed by atoms with Crippen LogP contribution in [0.2, 0.25) is 0 Å². The van der Waals surface area contributed by atoms with Crippen LogP contribution in [0, 0.1) is 108 Å². The van der Waals surface area contributed by atoms with Gasteiger partial charge in [-0.3, -0.25) is 9.59 Å². The van der Waals surface area contributed by atoms with Crippen molar-refractivity contribution in [1.82, 2.24) is 5.32 Å². The summed E-state index contributed by atoms with van der Waals surface area (Å²) >= 11 is 0. The molecule has 17 unspecified atom stereocenters. The molecule has 10 rings (SSSR count). The number of fused-ring (bicyclic) bond motifs is 14.